The van der Waals surface area contributed by atoms with Gasteiger partial charge in [-0.25, -0.2) is 9.59 Å². The summed E-state index contributed by atoms with van der Waals surface area (Å²) in [6.45, 7) is 1.23. The van der Waals surface area contributed by atoms with Crippen LogP contribution in [0.3, 0.4) is 0 Å². The van der Waals surface area contributed by atoms with Gasteiger partial charge in [0, 0.05) is 41.3 Å². The summed E-state index contributed by atoms with van der Waals surface area (Å²) < 4.78 is 0. The molecule has 2 aliphatic rings. The van der Waals surface area contributed by atoms with Crippen LogP contribution in [0.5, 0.6) is 0 Å². The number of carbonyl (C=O) groups excluding carboxylic acids is 2. The molecule has 2 unspecified atom stereocenters. The third-order valence-corrected chi connectivity index (χ3v) is 3.62. The van der Waals surface area contributed by atoms with E-state index in [1.165, 1.54) is 0 Å². The number of likely N-dealkylation sites (N-methyl/N-ethyl adjacent to an activating group) is 4. The highest BCUT2D eigenvalue weighted by atomic mass is 16.2. The molecule has 0 N–H and O–H groups in total. The van der Waals surface area contributed by atoms with Crippen molar-refractivity contribution in [1.82, 2.24) is 19.6 Å². The summed E-state index contributed by atoms with van der Waals surface area (Å²) in [5.74, 6) is 0. The third kappa shape index (κ3) is 1.40. The first kappa shape index (κ1) is 11.0. The normalized spacial score (nSPS) is 31.0. The van der Waals surface area contributed by atoms with Crippen molar-refractivity contribution in [3.8, 4) is 0 Å². The van der Waals surface area contributed by atoms with E-state index in [2.05, 4.69) is 0 Å². The number of rotatable bonds is 0. The van der Waals surface area contributed by atoms with Crippen LogP contribution in [-0.4, -0.2) is 85.0 Å². The summed E-state index contributed by atoms with van der Waals surface area (Å²) >= 11 is 0. The van der Waals surface area contributed by atoms with Gasteiger partial charge in [0.2, 0.25) is 0 Å². The Labute approximate surface area is 95.4 Å². The number of hydrogen-bond acceptors (Lipinski definition) is 2. The molecule has 2 heterocycles. The van der Waals surface area contributed by atoms with Crippen LogP contribution in [0, 0.1) is 0 Å². The molecule has 0 aliphatic carbocycles. The molecule has 2 rings (SSSR count). The average molecular weight is 226 g/mol. The van der Waals surface area contributed by atoms with E-state index in [9.17, 15) is 9.59 Å². The fourth-order valence-electron chi connectivity index (χ4n) is 2.54. The van der Waals surface area contributed by atoms with Crippen molar-refractivity contribution >= 4 is 12.1 Å². The van der Waals surface area contributed by atoms with Gasteiger partial charge in [0.15, 0.2) is 0 Å². The van der Waals surface area contributed by atoms with Crippen LogP contribution < -0.4 is 0 Å². The van der Waals surface area contributed by atoms with E-state index in [0.717, 1.165) is 0 Å². The second-order valence-corrected chi connectivity index (χ2v) is 4.68. The monoisotopic (exact) mass is 226 g/mol. The summed E-state index contributed by atoms with van der Waals surface area (Å²) in [5.41, 5.74) is 0. The lowest BCUT2D eigenvalue weighted by molar-refractivity contribution is 0.0243. The predicted octanol–water partition coefficient (Wildman–Crippen LogP) is -0.282. The summed E-state index contributed by atoms with van der Waals surface area (Å²) in [6, 6.07) is 0.239. The van der Waals surface area contributed by atoms with Gasteiger partial charge in [0.05, 0.1) is 12.1 Å². The van der Waals surface area contributed by atoms with Crippen LogP contribution in [0.1, 0.15) is 0 Å². The van der Waals surface area contributed by atoms with Crippen molar-refractivity contribution in [2.45, 2.75) is 12.1 Å². The Morgan fingerprint density at radius 1 is 0.812 bits per heavy atom. The lowest BCUT2D eigenvalue weighted by Gasteiger charge is -2.51. The van der Waals surface area contributed by atoms with E-state index in [1.807, 2.05) is 0 Å². The van der Waals surface area contributed by atoms with Crippen molar-refractivity contribution in [2.75, 3.05) is 41.3 Å². The molecule has 0 aromatic carbocycles. The van der Waals surface area contributed by atoms with Crippen molar-refractivity contribution in [3.05, 3.63) is 0 Å². The molecule has 0 spiro atoms. The topological polar surface area (TPSA) is 47.1 Å². The molecule has 2 aliphatic heterocycles. The van der Waals surface area contributed by atoms with Gasteiger partial charge in [0.25, 0.3) is 0 Å². The first-order valence-corrected chi connectivity index (χ1v) is 5.39. The van der Waals surface area contributed by atoms with E-state index in [0.29, 0.717) is 13.1 Å². The molecule has 6 heteroatoms. The molecular weight excluding hydrogens is 208 g/mol. The molecular formula is C10H18N4O2. The number of carbonyl (C=O) groups is 2. The summed E-state index contributed by atoms with van der Waals surface area (Å²) in [4.78, 5) is 30.4. The highest BCUT2D eigenvalue weighted by molar-refractivity contribution is 5.79. The standard InChI is InChI=1S/C10H18N4O2/c1-11-5-7-8(13(3)9(11)15)6-12(2)10(16)14(7)4/h7-8H,5-6H2,1-4H3. The van der Waals surface area contributed by atoms with Crippen LogP contribution in [0.25, 0.3) is 0 Å². The Bertz CT molecular complexity index is 301. The van der Waals surface area contributed by atoms with E-state index >= 15 is 0 Å². The molecule has 0 bridgehead atoms. The zero-order valence-electron chi connectivity index (χ0n) is 10.2. The SMILES string of the molecule is CN1CC2C(CN(C)C(=O)N2C)N(C)C1=O. The zero-order valence-corrected chi connectivity index (χ0v) is 10.2. The molecule has 4 amide bonds. The van der Waals surface area contributed by atoms with Crippen molar-refractivity contribution in [3.63, 3.8) is 0 Å². The lowest BCUT2D eigenvalue weighted by atomic mass is 10.00. The fraction of sp³-hybridized carbons (Fsp3) is 0.800. The van der Waals surface area contributed by atoms with Gasteiger partial charge in [-0.2, -0.15) is 0 Å². The maximum absolute atomic E-state index is 11.8. The van der Waals surface area contributed by atoms with Gasteiger partial charge in [0.1, 0.15) is 0 Å². The van der Waals surface area contributed by atoms with Gasteiger partial charge in [-0.15, -0.1) is 0 Å². The molecule has 0 aromatic rings. The summed E-state index contributed by atoms with van der Waals surface area (Å²) in [6.07, 6.45) is 0. The Morgan fingerprint density at radius 2 is 1.12 bits per heavy atom. The molecule has 0 aromatic heterocycles. The van der Waals surface area contributed by atoms with Crippen LogP contribution >= 0.6 is 0 Å². The Hall–Kier alpha value is -1.46. The number of urea groups is 2. The smallest absolute Gasteiger partial charge is 0.319 e. The first-order chi connectivity index (χ1) is 7.43. The van der Waals surface area contributed by atoms with Crippen molar-refractivity contribution in [1.29, 1.82) is 0 Å². The molecule has 2 atom stereocenters. The molecule has 2 fully saturated rings. The maximum atomic E-state index is 11.8. The maximum Gasteiger partial charge on any atom is 0.319 e. The summed E-state index contributed by atoms with van der Waals surface area (Å²) in [5, 5.41) is 0. The van der Waals surface area contributed by atoms with E-state index in [1.54, 1.807) is 47.8 Å². The summed E-state index contributed by atoms with van der Waals surface area (Å²) in [7, 11) is 7.14. The number of fused-ring (bicyclic) bond motifs is 1. The highest BCUT2D eigenvalue weighted by Crippen LogP contribution is 2.23. The van der Waals surface area contributed by atoms with Crippen LogP contribution in [0.15, 0.2) is 0 Å². The molecule has 6 nitrogen and oxygen atoms in total. The van der Waals surface area contributed by atoms with Gasteiger partial charge < -0.3 is 19.6 Å². The van der Waals surface area contributed by atoms with Crippen molar-refractivity contribution < 1.29 is 9.59 Å². The van der Waals surface area contributed by atoms with E-state index < -0.39 is 0 Å². The van der Waals surface area contributed by atoms with Gasteiger partial charge in [-0.3, -0.25) is 0 Å². The predicted molar refractivity (Wildman–Crippen MR) is 59.2 cm³/mol. The van der Waals surface area contributed by atoms with E-state index in [4.69, 9.17) is 0 Å². The number of hydrogen-bond donors (Lipinski definition) is 0. The lowest BCUT2D eigenvalue weighted by Crippen LogP contribution is -2.71. The third-order valence-electron chi connectivity index (χ3n) is 3.62. The Morgan fingerprint density at radius 3 is 1.44 bits per heavy atom. The van der Waals surface area contributed by atoms with Crippen LogP contribution in [0.4, 0.5) is 9.59 Å². The molecule has 2 saturated heterocycles. The molecule has 0 radical (unpaired) electrons. The second-order valence-electron chi connectivity index (χ2n) is 4.68. The van der Waals surface area contributed by atoms with Gasteiger partial charge >= 0.3 is 12.1 Å². The molecule has 90 valence electrons. The fourth-order valence-corrected chi connectivity index (χ4v) is 2.54. The van der Waals surface area contributed by atoms with Gasteiger partial charge in [-0.1, -0.05) is 0 Å². The minimum absolute atomic E-state index is 0.0254. The van der Waals surface area contributed by atoms with Crippen LogP contribution in [0.2, 0.25) is 0 Å². The van der Waals surface area contributed by atoms with Crippen LogP contribution in [-0.2, 0) is 0 Å². The highest BCUT2D eigenvalue weighted by Gasteiger charge is 2.44. The number of nitrogens with zero attached hydrogens (tertiary/aromatic N) is 4. The number of amides is 4. The molecule has 0 saturated carbocycles. The Balaban J connectivity index is 2.26. The van der Waals surface area contributed by atoms with Gasteiger partial charge in [-0.05, 0) is 0 Å². The first-order valence-electron chi connectivity index (χ1n) is 5.39. The average Bonchev–Trinajstić information content (AvgIpc) is 2.25. The minimum atomic E-state index is 0.0254. The van der Waals surface area contributed by atoms with Crippen molar-refractivity contribution in [2.24, 2.45) is 0 Å². The largest absolute Gasteiger partial charge is 0.326 e. The van der Waals surface area contributed by atoms with E-state index in [-0.39, 0.29) is 24.1 Å². The zero-order chi connectivity index (χ0) is 12.0. The molecule has 16 heavy (non-hydrogen) atoms. The minimum Gasteiger partial charge on any atom is -0.326 e. The second kappa shape index (κ2) is 3.54. The quantitative estimate of drug-likeness (QED) is 0.570. The Kier molecular flexibility index (Phi) is 2.44.